The number of hydrogen-bond acceptors (Lipinski definition) is 6. The molecule has 0 saturated carbocycles. The Hall–Kier alpha value is -2.20. The lowest BCUT2D eigenvalue weighted by Crippen LogP contribution is -2.43. The number of hydrogen-bond donors (Lipinski definition) is 2. The monoisotopic (exact) mass is 317 g/mol. The molecular weight excluding hydrogens is 294 g/mol. The Labute approximate surface area is 136 Å². The van der Waals surface area contributed by atoms with Gasteiger partial charge in [-0.1, -0.05) is 13.8 Å². The van der Waals surface area contributed by atoms with E-state index >= 15 is 0 Å². The standard InChI is InChI=1S/C16H23N5O2/c1-3-11-12(9-17)16(20-19-13(11)4-2)21-7-5-10(6-8-21)14(22)15(18)23/h10,14,22H,3-8H2,1-2H3,(H2,18,23). The van der Waals surface area contributed by atoms with E-state index in [0.717, 1.165) is 24.1 Å². The molecule has 1 aromatic heterocycles. The molecule has 1 fully saturated rings. The van der Waals surface area contributed by atoms with Crippen LogP contribution in [0.1, 0.15) is 43.5 Å². The first-order valence-electron chi connectivity index (χ1n) is 8.04. The molecule has 124 valence electrons. The molecule has 23 heavy (non-hydrogen) atoms. The Morgan fingerprint density at radius 3 is 2.52 bits per heavy atom. The van der Waals surface area contributed by atoms with Crippen molar-refractivity contribution in [1.82, 2.24) is 10.2 Å². The first-order chi connectivity index (χ1) is 11.0. The zero-order valence-corrected chi connectivity index (χ0v) is 13.6. The minimum atomic E-state index is -1.10. The molecule has 3 N–H and O–H groups in total. The molecule has 1 atom stereocenters. The highest BCUT2D eigenvalue weighted by atomic mass is 16.3. The molecular formula is C16H23N5O2. The van der Waals surface area contributed by atoms with Crippen LogP contribution < -0.4 is 10.6 Å². The van der Waals surface area contributed by atoms with Crippen LogP contribution in [0.5, 0.6) is 0 Å². The Kier molecular flexibility index (Phi) is 5.50. The van der Waals surface area contributed by atoms with E-state index in [4.69, 9.17) is 5.73 Å². The number of anilines is 1. The summed E-state index contributed by atoms with van der Waals surface area (Å²) in [5.41, 5.74) is 7.58. The van der Waals surface area contributed by atoms with Gasteiger partial charge >= 0.3 is 0 Å². The van der Waals surface area contributed by atoms with Crippen LogP contribution >= 0.6 is 0 Å². The van der Waals surface area contributed by atoms with Crippen LogP contribution in [-0.2, 0) is 17.6 Å². The third kappa shape index (κ3) is 3.42. The zero-order valence-electron chi connectivity index (χ0n) is 13.6. The number of aryl methyl sites for hydroxylation is 1. The molecule has 2 heterocycles. The molecule has 1 aliphatic rings. The van der Waals surface area contributed by atoms with Gasteiger partial charge < -0.3 is 15.7 Å². The maximum Gasteiger partial charge on any atom is 0.246 e. The molecule has 7 nitrogen and oxygen atoms in total. The van der Waals surface area contributed by atoms with Crippen LogP contribution in [0, 0.1) is 17.2 Å². The molecule has 0 aliphatic carbocycles. The van der Waals surface area contributed by atoms with E-state index in [9.17, 15) is 15.2 Å². The first kappa shape index (κ1) is 17.2. The van der Waals surface area contributed by atoms with Gasteiger partial charge in [0.25, 0.3) is 0 Å². The number of piperidine rings is 1. The predicted octanol–water partition coefficient (Wildman–Crippen LogP) is 0.536. The van der Waals surface area contributed by atoms with Crippen molar-refractivity contribution in [2.45, 2.75) is 45.6 Å². The van der Waals surface area contributed by atoms with E-state index in [-0.39, 0.29) is 5.92 Å². The quantitative estimate of drug-likeness (QED) is 0.818. The highest BCUT2D eigenvalue weighted by Gasteiger charge is 2.30. The molecule has 0 bridgehead atoms. The lowest BCUT2D eigenvalue weighted by molar-refractivity contribution is -0.129. The Morgan fingerprint density at radius 2 is 2.04 bits per heavy atom. The SMILES string of the molecule is CCc1nnc(N2CCC(C(O)C(N)=O)CC2)c(C#N)c1CC. The minimum Gasteiger partial charge on any atom is -0.383 e. The number of nitrogens with two attached hydrogens (primary N) is 1. The number of primary amides is 1. The lowest BCUT2D eigenvalue weighted by Gasteiger charge is -2.34. The van der Waals surface area contributed by atoms with Gasteiger partial charge in [0.05, 0.1) is 5.69 Å². The Balaban J connectivity index is 2.21. The normalized spacial score (nSPS) is 16.9. The van der Waals surface area contributed by atoms with Crippen molar-refractivity contribution in [1.29, 1.82) is 5.26 Å². The van der Waals surface area contributed by atoms with Crippen molar-refractivity contribution >= 4 is 11.7 Å². The number of amides is 1. The maximum absolute atomic E-state index is 11.1. The van der Waals surface area contributed by atoms with Crippen molar-refractivity contribution in [3.8, 4) is 6.07 Å². The summed E-state index contributed by atoms with van der Waals surface area (Å²) >= 11 is 0. The van der Waals surface area contributed by atoms with Crippen molar-refractivity contribution in [2.75, 3.05) is 18.0 Å². The fraction of sp³-hybridized carbons (Fsp3) is 0.625. The van der Waals surface area contributed by atoms with Crippen molar-refractivity contribution in [3.05, 3.63) is 16.8 Å². The van der Waals surface area contributed by atoms with Crippen LogP contribution in [0.25, 0.3) is 0 Å². The van der Waals surface area contributed by atoms with E-state index in [2.05, 4.69) is 16.3 Å². The van der Waals surface area contributed by atoms with Crippen LogP contribution in [0.2, 0.25) is 0 Å². The molecule has 0 spiro atoms. The second-order valence-electron chi connectivity index (χ2n) is 5.81. The molecule has 1 amide bonds. The maximum atomic E-state index is 11.1. The second kappa shape index (κ2) is 7.38. The number of nitrogens with zero attached hydrogens (tertiary/aromatic N) is 4. The highest BCUT2D eigenvalue weighted by Crippen LogP contribution is 2.28. The number of carbonyl (C=O) groups excluding carboxylic acids is 1. The van der Waals surface area contributed by atoms with Gasteiger partial charge in [-0.2, -0.15) is 10.4 Å². The van der Waals surface area contributed by atoms with Gasteiger partial charge in [-0.25, -0.2) is 0 Å². The molecule has 1 aliphatic heterocycles. The van der Waals surface area contributed by atoms with Gasteiger partial charge in [-0.05, 0) is 37.2 Å². The number of aliphatic hydroxyl groups is 1. The van der Waals surface area contributed by atoms with Crippen LogP contribution in [0.3, 0.4) is 0 Å². The molecule has 0 radical (unpaired) electrons. The smallest absolute Gasteiger partial charge is 0.246 e. The summed E-state index contributed by atoms with van der Waals surface area (Å²) in [6.07, 6.45) is 1.65. The van der Waals surface area contributed by atoms with Gasteiger partial charge in [0.2, 0.25) is 5.91 Å². The minimum absolute atomic E-state index is 0.136. The van der Waals surface area contributed by atoms with Crippen molar-refractivity contribution in [2.24, 2.45) is 11.7 Å². The van der Waals surface area contributed by atoms with Crippen LogP contribution in [0.15, 0.2) is 0 Å². The van der Waals surface area contributed by atoms with E-state index in [1.807, 2.05) is 18.7 Å². The van der Waals surface area contributed by atoms with E-state index in [1.54, 1.807) is 0 Å². The number of rotatable bonds is 5. The molecule has 1 saturated heterocycles. The highest BCUT2D eigenvalue weighted by molar-refractivity contribution is 5.78. The molecule has 0 aromatic carbocycles. The van der Waals surface area contributed by atoms with Gasteiger partial charge in [-0.15, -0.1) is 5.10 Å². The summed E-state index contributed by atoms with van der Waals surface area (Å²) < 4.78 is 0. The fourth-order valence-electron chi connectivity index (χ4n) is 3.16. The average Bonchev–Trinajstić information content (AvgIpc) is 2.59. The van der Waals surface area contributed by atoms with E-state index in [0.29, 0.717) is 37.3 Å². The summed E-state index contributed by atoms with van der Waals surface area (Å²) in [5, 5.41) is 27.9. The predicted molar refractivity (Wildman–Crippen MR) is 85.6 cm³/mol. The molecule has 2 rings (SSSR count). The van der Waals surface area contributed by atoms with Gasteiger partial charge in [0, 0.05) is 13.1 Å². The Morgan fingerprint density at radius 1 is 1.39 bits per heavy atom. The first-order valence-corrected chi connectivity index (χ1v) is 8.04. The largest absolute Gasteiger partial charge is 0.383 e. The molecule has 1 unspecified atom stereocenters. The summed E-state index contributed by atoms with van der Waals surface area (Å²) in [5.74, 6) is -0.210. The summed E-state index contributed by atoms with van der Waals surface area (Å²) in [4.78, 5) is 13.1. The van der Waals surface area contributed by atoms with Crippen LogP contribution in [0.4, 0.5) is 5.82 Å². The number of carbonyl (C=O) groups is 1. The zero-order chi connectivity index (χ0) is 17.0. The summed E-state index contributed by atoms with van der Waals surface area (Å²) in [6.45, 7) is 5.25. The van der Waals surface area contributed by atoms with Gasteiger partial charge in [0.15, 0.2) is 5.82 Å². The lowest BCUT2D eigenvalue weighted by atomic mass is 9.90. The van der Waals surface area contributed by atoms with Gasteiger partial charge in [0.1, 0.15) is 17.7 Å². The molecule has 7 heteroatoms. The van der Waals surface area contributed by atoms with Crippen molar-refractivity contribution in [3.63, 3.8) is 0 Å². The van der Waals surface area contributed by atoms with Crippen molar-refractivity contribution < 1.29 is 9.90 Å². The summed E-state index contributed by atoms with van der Waals surface area (Å²) in [7, 11) is 0. The van der Waals surface area contributed by atoms with Crippen LogP contribution in [-0.4, -0.2) is 40.4 Å². The number of aliphatic hydroxyl groups excluding tert-OH is 1. The summed E-state index contributed by atoms with van der Waals surface area (Å²) in [6, 6.07) is 2.27. The third-order valence-electron chi connectivity index (χ3n) is 4.52. The number of nitriles is 1. The van der Waals surface area contributed by atoms with E-state index in [1.165, 1.54) is 0 Å². The average molecular weight is 317 g/mol. The molecule has 1 aromatic rings. The van der Waals surface area contributed by atoms with Gasteiger partial charge in [-0.3, -0.25) is 4.79 Å². The Bertz CT molecular complexity index is 618. The topological polar surface area (TPSA) is 116 Å². The van der Waals surface area contributed by atoms with E-state index < -0.39 is 12.0 Å². The third-order valence-corrected chi connectivity index (χ3v) is 4.52. The number of aromatic nitrogens is 2. The fourth-order valence-corrected chi connectivity index (χ4v) is 3.16. The second-order valence-corrected chi connectivity index (χ2v) is 5.81.